The normalized spacial score (nSPS) is 17.2. The number of amides is 1. The summed E-state index contributed by atoms with van der Waals surface area (Å²) in [6.07, 6.45) is 2.52. The standard InChI is InChI=1S/C12H15NO3S/c1-8-3-4-9(17-8)11(16)13-12(5-2-6-12)7-10(14)15/h3-4H,2,5-7H2,1H3,(H,13,16)(H,14,15). The highest BCUT2D eigenvalue weighted by Gasteiger charge is 2.40. The zero-order valence-corrected chi connectivity index (χ0v) is 10.5. The van der Waals surface area contributed by atoms with Crippen LogP contribution in [0.3, 0.4) is 0 Å². The monoisotopic (exact) mass is 253 g/mol. The van der Waals surface area contributed by atoms with Crippen molar-refractivity contribution in [1.29, 1.82) is 0 Å². The number of hydrogen-bond donors (Lipinski definition) is 2. The molecule has 0 atom stereocenters. The highest BCUT2D eigenvalue weighted by molar-refractivity contribution is 7.13. The van der Waals surface area contributed by atoms with Gasteiger partial charge in [0.05, 0.1) is 16.8 Å². The summed E-state index contributed by atoms with van der Waals surface area (Å²) in [6, 6.07) is 3.67. The molecular formula is C12H15NO3S. The van der Waals surface area contributed by atoms with Crippen LogP contribution in [0.5, 0.6) is 0 Å². The van der Waals surface area contributed by atoms with Crippen molar-refractivity contribution in [3.05, 3.63) is 21.9 Å². The lowest BCUT2D eigenvalue weighted by Crippen LogP contribution is -2.54. The minimum absolute atomic E-state index is 0.0170. The summed E-state index contributed by atoms with van der Waals surface area (Å²) in [5, 5.41) is 11.7. The van der Waals surface area contributed by atoms with Gasteiger partial charge in [-0.25, -0.2) is 0 Å². The first kappa shape index (κ1) is 12.1. The molecule has 2 rings (SSSR count). The Labute approximate surface area is 104 Å². The van der Waals surface area contributed by atoms with E-state index in [-0.39, 0.29) is 12.3 Å². The van der Waals surface area contributed by atoms with Crippen molar-refractivity contribution < 1.29 is 14.7 Å². The van der Waals surface area contributed by atoms with Gasteiger partial charge in [-0.3, -0.25) is 9.59 Å². The molecule has 0 aromatic carbocycles. The number of carbonyl (C=O) groups is 2. The van der Waals surface area contributed by atoms with E-state index >= 15 is 0 Å². The third-order valence-corrected chi connectivity index (χ3v) is 4.14. The summed E-state index contributed by atoms with van der Waals surface area (Å²) in [7, 11) is 0. The van der Waals surface area contributed by atoms with Crippen LogP contribution < -0.4 is 5.32 Å². The molecule has 1 aromatic heterocycles. The molecule has 2 N–H and O–H groups in total. The van der Waals surface area contributed by atoms with E-state index in [1.807, 2.05) is 13.0 Å². The predicted octanol–water partition coefficient (Wildman–Crippen LogP) is 2.18. The van der Waals surface area contributed by atoms with Gasteiger partial charge in [-0.05, 0) is 38.3 Å². The van der Waals surface area contributed by atoms with Crippen molar-refractivity contribution in [2.75, 3.05) is 0 Å². The molecule has 0 unspecified atom stereocenters. The Morgan fingerprint density at radius 2 is 2.18 bits per heavy atom. The van der Waals surface area contributed by atoms with Gasteiger partial charge in [0.15, 0.2) is 0 Å². The lowest BCUT2D eigenvalue weighted by atomic mass is 9.74. The largest absolute Gasteiger partial charge is 0.481 e. The van der Waals surface area contributed by atoms with E-state index in [0.29, 0.717) is 4.88 Å². The molecule has 1 fully saturated rings. The summed E-state index contributed by atoms with van der Waals surface area (Å²) in [6.45, 7) is 1.94. The van der Waals surface area contributed by atoms with Crippen LogP contribution >= 0.6 is 11.3 Å². The van der Waals surface area contributed by atoms with Gasteiger partial charge < -0.3 is 10.4 Å². The molecule has 1 aliphatic carbocycles. The lowest BCUT2D eigenvalue weighted by Gasteiger charge is -2.41. The molecule has 0 aliphatic heterocycles. The molecule has 1 aromatic rings. The second-order valence-corrected chi connectivity index (χ2v) is 5.86. The molecule has 1 heterocycles. The number of hydrogen-bond acceptors (Lipinski definition) is 3. The maximum atomic E-state index is 12.0. The Morgan fingerprint density at radius 3 is 2.59 bits per heavy atom. The van der Waals surface area contributed by atoms with E-state index in [0.717, 1.165) is 24.1 Å². The van der Waals surface area contributed by atoms with Gasteiger partial charge in [0, 0.05) is 4.88 Å². The number of aliphatic carboxylic acids is 1. The fourth-order valence-corrected chi connectivity index (χ4v) is 2.86. The zero-order chi connectivity index (χ0) is 12.5. The minimum atomic E-state index is -0.854. The minimum Gasteiger partial charge on any atom is -0.481 e. The Morgan fingerprint density at radius 1 is 1.47 bits per heavy atom. The first-order valence-electron chi connectivity index (χ1n) is 5.62. The highest BCUT2D eigenvalue weighted by atomic mass is 32.1. The van der Waals surface area contributed by atoms with Crippen molar-refractivity contribution in [3.63, 3.8) is 0 Å². The summed E-state index contributed by atoms with van der Waals surface area (Å²) in [4.78, 5) is 24.5. The summed E-state index contributed by atoms with van der Waals surface area (Å²) in [5.41, 5.74) is -0.513. The van der Waals surface area contributed by atoms with Crippen molar-refractivity contribution >= 4 is 23.2 Å². The van der Waals surface area contributed by atoms with Crippen LogP contribution in [0, 0.1) is 6.92 Å². The third kappa shape index (κ3) is 2.66. The first-order chi connectivity index (χ1) is 8.01. The Bertz CT molecular complexity index is 448. The van der Waals surface area contributed by atoms with Gasteiger partial charge in [-0.1, -0.05) is 0 Å². The fraction of sp³-hybridized carbons (Fsp3) is 0.500. The highest BCUT2D eigenvalue weighted by Crippen LogP contribution is 2.35. The van der Waals surface area contributed by atoms with Crippen LogP contribution in [-0.4, -0.2) is 22.5 Å². The zero-order valence-electron chi connectivity index (χ0n) is 9.66. The van der Waals surface area contributed by atoms with Crippen molar-refractivity contribution in [3.8, 4) is 0 Å². The number of carboxylic acid groups (broad SMARTS) is 1. The number of carbonyl (C=O) groups excluding carboxylic acids is 1. The van der Waals surface area contributed by atoms with E-state index in [2.05, 4.69) is 5.32 Å². The van der Waals surface area contributed by atoms with Crippen LogP contribution in [0.1, 0.15) is 40.2 Å². The summed E-state index contributed by atoms with van der Waals surface area (Å²) >= 11 is 1.43. The van der Waals surface area contributed by atoms with E-state index < -0.39 is 11.5 Å². The molecule has 4 nitrogen and oxygen atoms in total. The Kier molecular flexibility index (Phi) is 3.19. The summed E-state index contributed by atoms with van der Waals surface area (Å²) in [5.74, 6) is -1.00. The van der Waals surface area contributed by atoms with Gasteiger partial charge >= 0.3 is 5.97 Å². The van der Waals surface area contributed by atoms with E-state index in [1.165, 1.54) is 11.3 Å². The van der Waals surface area contributed by atoms with Crippen molar-refractivity contribution in [2.45, 2.75) is 38.1 Å². The molecule has 0 radical (unpaired) electrons. The van der Waals surface area contributed by atoms with E-state index in [1.54, 1.807) is 6.07 Å². The SMILES string of the molecule is Cc1ccc(C(=O)NC2(CC(=O)O)CCC2)s1. The molecule has 0 spiro atoms. The molecule has 0 bridgehead atoms. The predicted molar refractivity (Wildman–Crippen MR) is 65.4 cm³/mol. The summed E-state index contributed by atoms with van der Waals surface area (Å²) < 4.78 is 0. The number of aryl methyl sites for hydroxylation is 1. The number of carboxylic acids is 1. The third-order valence-electron chi connectivity index (χ3n) is 3.14. The van der Waals surface area contributed by atoms with E-state index in [9.17, 15) is 9.59 Å². The number of thiophene rings is 1. The molecule has 5 heteroatoms. The molecule has 1 saturated carbocycles. The van der Waals surface area contributed by atoms with Crippen LogP contribution in [0.4, 0.5) is 0 Å². The molecular weight excluding hydrogens is 238 g/mol. The number of nitrogens with one attached hydrogen (secondary N) is 1. The van der Waals surface area contributed by atoms with Gasteiger partial charge in [-0.2, -0.15) is 0 Å². The maximum Gasteiger partial charge on any atom is 0.305 e. The van der Waals surface area contributed by atoms with Gasteiger partial charge in [0.2, 0.25) is 0 Å². The van der Waals surface area contributed by atoms with Crippen LogP contribution in [-0.2, 0) is 4.79 Å². The van der Waals surface area contributed by atoms with Crippen molar-refractivity contribution in [1.82, 2.24) is 5.32 Å². The molecule has 0 saturated heterocycles. The van der Waals surface area contributed by atoms with Crippen molar-refractivity contribution in [2.24, 2.45) is 0 Å². The molecule has 17 heavy (non-hydrogen) atoms. The number of rotatable bonds is 4. The smallest absolute Gasteiger partial charge is 0.305 e. The topological polar surface area (TPSA) is 66.4 Å². The average Bonchev–Trinajstić information content (AvgIpc) is 2.60. The van der Waals surface area contributed by atoms with Crippen LogP contribution in [0.15, 0.2) is 12.1 Å². The molecule has 1 amide bonds. The van der Waals surface area contributed by atoms with Gasteiger partial charge in [0.25, 0.3) is 5.91 Å². The molecule has 1 aliphatic rings. The average molecular weight is 253 g/mol. The maximum absolute atomic E-state index is 12.0. The Hall–Kier alpha value is -1.36. The first-order valence-corrected chi connectivity index (χ1v) is 6.43. The molecule has 92 valence electrons. The lowest BCUT2D eigenvalue weighted by molar-refractivity contribution is -0.139. The van der Waals surface area contributed by atoms with Gasteiger partial charge in [-0.15, -0.1) is 11.3 Å². The Balaban J connectivity index is 2.04. The fourth-order valence-electron chi connectivity index (χ4n) is 2.10. The second-order valence-electron chi connectivity index (χ2n) is 4.57. The second kappa shape index (κ2) is 4.49. The van der Waals surface area contributed by atoms with Gasteiger partial charge in [0.1, 0.15) is 0 Å². The quantitative estimate of drug-likeness (QED) is 0.864. The van der Waals surface area contributed by atoms with E-state index in [4.69, 9.17) is 5.11 Å². The van der Waals surface area contributed by atoms with Crippen LogP contribution in [0.25, 0.3) is 0 Å². The van der Waals surface area contributed by atoms with Crippen LogP contribution in [0.2, 0.25) is 0 Å².